The average Bonchev–Trinajstić information content (AvgIpc) is 3.29. The van der Waals surface area contributed by atoms with Crippen molar-refractivity contribution in [3.8, 4) is 11.3 Å². The first-order chi connectivity index (χ1) is 14.7. The molecule has 1 aromatic carbocycles. The van der Waals surface area contributed by atoms with E-state index in [1.807, 2.05) is 36.4 Å². The molecule has 2 aromatic rings. The van der Waals surface area contributed by atoms with Gasteiger partial charge in [-0.2, -0.15) is 0 Å². The van der Waals surface area contributed by atoms with Crippen LogP contribution in [0.15, 0.2) is 45.9 Å². The molecule has 172 valence electrons. The number of hydrogen-bond acceptors (Lipinski definition) is 5. The van der Waals surface area contributed by atoms with Gasteiger partial charge >= 0.3 is 0 Å². The van der Waals surface area contributed by atoms with E-state index in [9.17, 15) is 0 Å². The zero-order valence-corrected chi connectivity index (χ0v) is 21.2. The van der Waals surface area contributed by atoms with Crippen LogP contribution in [-0.2, 0) is 11.3 Å². The quantitative estimate of drug-likeness (QED) is 0.286. The van der Waals surface area contributed by atoms with Crippen LogP contribution in [-0.4, -0.2) is 62.0 Å². The molecule has 31 heavy (non-hydrogen) atoms. The average molecular weight is 541 g/mol. The fourth-order valence-corrected chi connectivity index (χ4v) is 4.07. The maximum Gasteiger partial charge on any atom is 0.191 e. The zero-order valence-electron chi connectivity index (χ0n) is 18.8. The number of guanidine groups is 1. The van der Waals surface area contributed by atoms with Gasteiger partial charge in [0, 0.05) is 44.4 Å². The third-order valence-corrected chi connectivity index (χ3v) is 5.86. The molecule has 1 aliphatic heterocycles. The molecule has 3 rings (SSSR count). The van der Waals surface area contributed by atoms with Crippen LogP contribution >= 0.6 is 24.0 Å². The van der Waals surface area contributed by atoms with Crippen LogP contribution in [0.2, 0.25) is 0 Å². The number of benzene rings is 1. The molecule has 0 aliphatic carbocycles. The predicted octanol–water partition coefficient (Wildman–Crippen LogP) is 3.76. The Morgan fingerprint density at radius 3 is 2.48 bits per heavy atom. The van der Waals surface area contributed by atoms with Gasteiger partial charge in [-0.25, -0.2) is 0 Å². The van der Waals surface area contributed by atoms with Gasteiger partial charge in [-0.3, -0.25) is 9.89 Å². The highest BCUT2D eigenvalue weighted by molar-refractivity contribution is 14.0. The van der Waals surface area contributed by atoms with Crippen LogP contribution in [0.3, 0.4) is 0 Å². The van der Waals surface area contributed by atoms with Crippen LogP contribution in [0.5, 0.6) is 0 Å². The Morgan fingerprint density at radius 2 is 1.84 bits per heavy atom. The van der Waals surface area contributed by atoms with Crippen molar-refractivity contribution in [3.63, 3.8) is 0 Å². The fourth-order valence-electron chi connectivity index (χ4n) is 4.07. The van der Waals surface area contributed by atoms with E-state index in [2.05, 4.69) is 39.5 Å². The molecule has 7 nitrogen and oxygen atoms in total. The Morgan fingerprint density at radius 1 is 1.13 bits per heavy atom. The van der Waals surface area contributed by atoms with Crippen molar-refractivity contribution in [2.75, 3.05) is 39.9 Å². The third-order valence-electron chi connectivity index (χ3n) is 5.86. The summed E-state index contributed by atoms with van der Waals surface area (Å²) >= 11 is 0. The second kappa shape index (κ2) is 13.7. The SMILES string of the molecule is CCC(CC)C(CNC(=NC)NCc1cc(-c2ccccc2)on1)N1CCOCC1.I. The molecule has 1 aliphatic rings. The van der Waals surface area contributed by atoms with E-state index in [1.165, 1.54) is 12.8 Å². The lowest BCUT2D eigenvalue weighted by atomic mass is 9.92. The summed E-state index contributed by atoms with van der Waals surface area (Å²) in [6, 6.07) is 12.4. The second-order valence-electron chi connectivity index (χ2n) is 7.65. The third kappa shape index (κ3) is 7.47. The van der Waals surface area contributed by atoms with Gasteiger partial charge in [0.05, 0.1) is 19.8 Å². The van der Waals surface area contributed by atoms with Crippen molar-refractivity contribution in [2.24, 2.45) is 10.9 Å². The molecular formula is C23H36IN5O2. The number of aromatic nitrogens is 1. The van der Waals surface area contributed by atoms with Crippen LogP contribution < -0.4 is 10.6 Å². The Kier molecular flexibility index (Phi) is 11.3. The van der Waals surface area contributed by atoms with E-state index < -0.39 is 0 Å². The standard InChI is InChI=1S/C23H35N5O2.HI/c1-4-18(5-2)21(28-11-13-29-14-12-28)17-26-23(24-3)25-16-20-15-22(30-27-20)19-9-7-6-8-10-19;/h6-10,15,18,21H,4-5,11-14,16-17H2,1-3H3,(H2,24,25,26);1H. The molecule has 0 radical (unpaired) electrons. The fraction of sp³-hybridized carbons (Fsp3) is 0.565. The number of rotatable bonds is 9. The smallest absolute Gasteiger partial charge is 0.191 e. The van der Waals surface area contributed by atoms with E-state index in [1.54, 1.807) is 7.05 Å². The van der Waals surface area contributed by atoms with E-state index in [4.69, 9.17) is 9.26 Å². The lowest BCUT2D eigenvalue weighted by Crippen LogP contribution is -2.53. The van der Waals surface area contributed by atoms with E-state index in [0.717, 1.165) is 55.8 Å². The number of aliphatic imine (C=N–C) groups is 1. The molecule has 1 saturated heterocycles. The summed E-state index contributed by atoms with van der Waals surface area (Å²) in [4.78, 5) is 6.95. The van der Waals surface area contributed by atoms with Gasteiger partial charge in [-0.15, -0.1) is 24.0 Å². The first-order valence-corrected chi connectivity index (χ1v) is 11.0. The van der Waals surface area contributed by atoms with Crippen LogP contribution in [0.4, 0.5) is 0 Å². The molecule has 8 heteroatoms. The van der Waals surface area contributed by atoms with E-state index >= 15 is 0 Å². The highest BCUT2D eigenvalue weighted by Crippen LogP contribution is 2.20. The molecule has 2 N–H and O–H groups in total. The van der Waals surface area contributed by atoms with Crippen molar-refractivity contribution >= 4 is 29.9 Å². The molecule has 0 spiro atoms. The molecule has 0 bridgehead atoms. The maximum absolute atomic E-state index is 5.55. The maximum atomic E-state index is 5.55. The van der Waals surface area contributed by atoms with E-state index in [-0.39, 0.29) is 24.0 Å². The van der Waals surface area contributed by atoms with Crippen molar-refractivity contribution in [3.05, 3.63) is 42.1 Å². The van der Waals surface area contributed by atoms with Gasteiger partial charge in [0.15, 0.2) is 11.7 Å². The Hall–Kier alpha value is -1.65. The summed E-state index contributed by atoms with van der Waals surface area (Å²) in [7, 11) is 1.80. The molecular weight excluding hydrogens is 505 g/mol. The van der Waals surface area contributed by atoms with E-state index in [0.29, 0.717) is 18.5 Å². The predicted molar refractivity (Wildman–Crippen MR) is 136 cm³/mol. The summed E-state index contributed by atoms with van der Waals surface area (Å²) < 4.78 is 11.0. The first kappa shape index (κ1) is 25.6. The van der Waals surface area contributed by atoms with Crippen molar-refractivity contribution in [1.82, 2.24) is 20.7 Å². The van der Waals surface area contributed by atoms with Crippen molar-refractivity contribution in [1.29, 1.82) is 0 Å². The van der Waals surface area contributed by atoms with Crippen molar-refractivity contribution in [2.45, 2.75) is 39.3 Å². The summed E-state index contributed by atoms with van der Waals surface area (Å²) in [5.41, 5.74) is 1.87. The number of morpholine rings is 1. The summed E-state index contributed by atoms with van der Waals surface area (Å²) in [5, 5.41) is 11.1. The Labute approximate surface area is 203 Å². The lowest BCUT2D eigenvalue weighted by Gasteiger charge is -2.39. The molecule has 1 aromatic heterocycles. The van der Waals surface area contributed by atoms with Gasteiger partial charge in [0.25, 0.3) is 0 Å². The van der Waals surface area contributed by atoms with Gasteiger partial charge in [0.2, 0.25) is 0 Å². The highest BCUT2D eigenvalue weighted by atomic mass is 127. The molecule has 1 fully saturated rings. The normalized spacial score (nSPS) is 16.1. The van der Waals surface area contributed by atoms with Crippen LogP contribution in [0.1, 0.15) is 32.4 Å². The Balaban J connectivity index is 0.00000341. The summed E-state index contributed by atoms with van der Waals surface area (Å²) in [6.45, 7) is 9.61. The zero-order chi connectivity index (χ0) is 21.2. The number of halogens is 1. The minimum absolute atomic E-state index is 0. The second-order valence-corrected chi connectivity index (χ2v) is 7.65. The molecule has 1 unspecified atom stereocenters. The van der Waals surface area contributed by atoms with Gasteiger partial charge < -0.3 is 19.9 Å². The number of ether oxygens (including phenoxy) is 1. The monoisotopic (exact) mass is 541 g/mol. The number of nitrogens with zero attached hydrogens (tertiary/aromatic N) is 3. The summed E-state index contributed by atoms with van der Waals surface area (Å²) in [5.74, 6) is 2.21. The van der Waals surface area contributed by atoms with Gasteiger partial charge in [0.1, 0.15) is 5.69 Å². The summed E-state index contributed by atoms with van der Waals surface area (Å²) in [6.07, 6.45) is 2.35. The minimum Gasteiger partial charge on any atom is -0.379 e. The molecule has 0 saturated carbocycles. The molecule has 2 heterocycles. The Bertz CT molecular complexity index is 773. The minimum atomic E-state index is 0. The molecule has 0 amide bonds. The van der Waals surface area contributed by atoms with Crippen molar-refractivity contribution < 1.29 is 9.26 Å². The molecule has 1 atom stereocenters. The highest BCUT2D eigenvalue weighted by Gasteiger charge is 2.27. The van der Waals surface area contributed by atoms with Crippen LogP contribution in [0.25, 0.3) is 11.3 Å². The first-order valence-electron chi connectivity index (χ1n) is 11.0. The van der Waals surface area contributed by atoms with Gasteiger partial charge in [-0.1, -0.05) is 62.2 Å². The topological polar surface area (TPSA) is 74.9 Å². The van der Waals surface area contributed by atoms with Crippen LogP contribution in [0, 0.1) is 5.92 Å². The van der Waals surface area contributed by atoms with Gasteiger partial charge in [-0.05, 0) is 5.92 Å². The number of nitrogens with one attached hydrogen (secondary N) is 2. The lowest BCUT2D eigenvalue weighted by molar-refractivity contribution is 0.00272. The largest absolute Gasteiger partial charge is 0.379 e. The number of hydrogen-bond donors (Lipinski definition) is 2.